The molecule has 0 aromatic carbocycles. The molecular formula is C15H28N2O2. The van der Waals surface area contributed by atoms with Crippen LogP contribution in [0.1, 0.15) is 38.5 Å². The van der Waals surface area contributed by atoms with Gasteiger partial charge in [0, 0.05) is 6.54 Å². The average Bonchev–Trinajstić information content (AvgIpc) is 2.38. The largest absolute Gasteiger partial charge is 0.469 e. The molecule has 2 fully saturated rings. The van der Waals surface area contributed by atoms with Gasteiger partial charge in [-0.25, -0.2) is 0 Å². The Hall–Kier alpha value is -0.610. The molecule has 2 rings (SSSR count). The highest BCUT2D eigenvalue weighted by atomic mass is 16.5. The third kappa shape index (κ3) is 3.69. The zero-order chi connectivity index (χ0) is 13.7. The zero-order valence-electron chi connectivity index (χ0n) is 12.4. The molecule has 0 radical (unpaired) electrons. The first-order chi connectivity index (χ1) is 9.16. The Morgan fingerprint density at radius 2 is 2.05 bits per heavy atom. The topological polar surface area (TPSA) is 41.6 Å². The maximum atomic E-state index is 11.8. The van der Waals surface area contributed by atoms with Gasteiger partial charge in [0.05, 0.1) is 12.5 Å². The van der Waals surface area contributed by atoms with Crippen LogP contribution in [0.3, 0.4) is 0 Å². The average molecular weight is 268 g/mol. The van der Waals surface area contributed by atoms with Gasteiger partial charge in [0.2, 0.25) is 0 Å². The van der Waals surface area contributed by atoms with Crippen LogP contribution in [0.25, 0.3) is 0 Å². The fourth-order valence-corrected chi connectivity index (χ4v) is 3.26. The van der Waals surface area contributed by atoms with Gasteiger partial charge in [-0.05, 0) is 64.7 Å². The van der Waals surface area contributed by atoms with Crippen molar-refractivity contribution in [3.05, 3.63) is 0 Å². The Morgan fingerprint density at radius 3 is 2.58 bits per heavy atom. The van der Waals surface area contributed by atoms with E-state index in [1.807, 2.05) is 0 Å². The quantitative estimate of drug-likeness (QED) is 0.587. The summed E-state index contributed by atoms with van der Waals surface area (Å²) >= 11 is 0. The van der Waals surface area contributed by atoms with Crippen LogP contribution in [-0.2, 0) is 9.53 Å². The predicted molar refractivity (Wildman–Crippen MR) is 76.0 cm³/mol. The van der Waals surface area contributed by atoms with E-state index >= 15 is 0 Å². The molecule has 1 N–H and O–H groups in total. The molecule has 1 saturated heterocycles. The molecule has 110 valence electrons. The lowest BCUT2D eigenvalue weighted by Crippen LogP contribution is -2.47. The molecule has 1 heterocycles. The van der Waals surface area contributed by atoms with Gasteiger partial charge in [0.15, 0.2) is 0 Å². The van der Waals surface area contributed by atoms with Crippen LogP contribution in [0.4, 0.5) is 0 Å². The van der Waals surface area contributed by atoms with Crippen molar-refractivity contribution in [2.75, 3.05) is 40.3 Å². The zero-order valence-corrected chi connectivity index (χ0v) is 12.4. The maximum Gasteiger partial charge on any atom is 0.313 e. The van der Waals surface area contributed by atoms with Gasteiger partial charge in [-0.1, -0.05) is 6.42 Å². The molecule has 1 aliphatic heterocycles. The fourth-order valence-electron chi connectivity index (χ4n) is 3.26. The van der Waals surface area contributed by atoms with E-state index in [0.717, 1.165) is 38.3 Å². The van der Waals surface area contributed by atoms with Crippen molar-refractivity contribution in [3.8, 4) is 0 Å². The molecule has 0 unspecified atom stereocenters. The summed E-state index contributed by atoms with van der Waals surface area (Å²) in [5.41, 5.74) is -0.207. The first-order valence-corrected chi connectivity index (χ1v) is 7.64. The Bertz CT molecular complexity index is 295. The lowest BCUT2D eigenvalue weighted by Gasteiger charge is -2.39. The minimum atomic E-state index is -0.207. The normalized spacial score (nSPS) is 23.9. The third-order valence-electron chi connectivity index (χ3n) is 4.96. The van der Waals surface area contributed by atoms with Gasteiger partial charge in [-0.2, -0.15) is 0 Å². The minimum absolute atomic E-state index is 0.0226. The molecule has 0 spiro atoms. The molecule has 0 aromatic rings. The summed E-state index contributed by atoms with van der Waals surface area (Å²) in [4.78, 5) is 14.2. The van der Waals surface area contributed by atoms with E-state index in [1.54, 1.807) is 0 Å². The maximum absolute atomic E-state index is 11.8. The molecule has 2 aliphatic rings. The number of carbonyl (C=O) groups is 1. The summed E-state index contributed by atoms with van der Waals surface area (Å²) in [6.07, 6.45) is 7.01. The number of nitrogens with one attached hydrogen (secondary N) is 1. The number of hydrogen-bond donors (Lipinski definition) is 1. The summed E-state index contributed by atoms with van der Waals surface area (Å²) in [6, 6.07) is 0. The van der Waals surface area contributed by atoms with Crippen molar-refractivity contribution in [2.24, 2.45) is 11.3 Å². The first kappa shape index (κ1) is 14.8. The Kier molecular flexibility index (Phi) is 5.22. The van der Waals surface area contributed by atoms with Crippen molar-refractivity contribution >= 4 is 5.97 Å². The van der Waals surface area contributed by atoms with Crippen LogP contribution in [0.5, 0.6) is 0 Å². The second kappa shape index (κ2) is 6.71. The second-order valence-electron chi connectivity index (χ2n) is 6.34. The van der Waals surface area contributed by atoms with Crippen LogP contribution < -0.4 is 5.32 Å². The van der Waals surface area contributed by atoms with E-state index in [-0.39, 0.29) is 11.4 Å². The van der Waals surface area contributed by atoms with Gasteiger partial charge >= 0.3 is 5.97 Å². The van der Waals surface area contributed by atoms with Gasteiger partial charge in [0.1, 0.15) is 0 Å². The van der Waals surface area contributed by atoms with E-state index < -0.39 is 0 Å². The summed E-state index contributed by atoms with van der Waals surface area (Å²) in [7, 11) is 3.70. The standard InChI is InChI=1S/C15H28N2O2/c1-17-10-5-13(6-11-17)4-9-16-12-15(7-3-8-15)14(18)19-2/h13,16H,3-12H2,1-2H3. The molecule has 0 aromatic heterocycles. The Morgan fingerprint density at radius 1 is 1.37 bits per heavy atom. The molecule has 1 saturated carbocycles. The van der Waals surface area contributed by atoms with E-state index in [4.69, 9.17) is 4.74 Å². The van der Waals surface area contributed by atoms with Gasteiger partial charge in [-0.15, -0.1) is 0 Å². The van der Waals surface area contributed by atoms with Crippen LogP contribution in [0, 0.1) is 11.3 Å². The van der Waals surface area contributed by atoms with Gasteiger partial charge < -0.3 is 15.0 Å². The van der Waals surface area contributed by atoms with E-state index in [9.17, 15) is 4.79 Å². The van der Waals surface area contributed by atoms with Crippen molar-refractivity contribution in [1.29, 1.82) is 0 Å². The number of likely N-dealkylation sites (tertiary alicyclic amines) is 1. The number of hydrogen-bond acceptors (Lipinski definition) is 4. The van der Waals surface area contributed by atoms with Crippen molar-refractivity contribution in [1.82, 2.24) is 10.2 Å². The number of ether oxygens (including phenoxy) is 1. The van der Waals surface area contributed by atoms with Crippen molar-refractivity contribution in [2.45, 2.75) is 38.5 Å². The number of piperidine rings is 1. The van der Waals surface area contributed by atoms with Crippen LogP contribution in [0.15, 0.2) is 0 Å². The highest BCUT2D eigenvalue weighted by molar-refractivity contribution is 5.78. The number of esters is 1. The number of carbonyl (C=O) groups excluding carboxylic acids is 1. The molecule has 0 bridgehead atoms. The van der Waals surface area contributed by atoms with Crippen LogP contribution in [-0.4, -0.2) is 51.2 Å². The van der Waals surface area contributed by atoms with Crippen LogP contribution in [0.2, 0.25) is 0 Å². The SMILES string of the molecule is COC(=O)C1(CNCCC2CCN(C)CC2)CCC1. The molecule has 1 aliphatic carbocycles. The molecular weight excluding hydrogens is 240 g/mol. The predicted octanol–water partition coefficient (Wildman–Crippen LogP) is 1.65. The molecule has 0 amide bonds. The van der Waals surface area contributed by atoms with E-state index in [2.05, 4.69) is 17.3 Å². The highest BCUT2D eigenvalue weighted by Crippen LogP contribution is 2.41. The summed E-state index contributed by atoms with van der Waals surface area (Å²) in [6.45, 7) is 4.30. The van der Waals surface area contributed by atoms with E-state index in [0.29, 0.717) is 0 Å². The number of rotatable bonds is 6. The van der Waals surface area contributed by atoms with E-state index in [1.165, 1.54) is 39.5 Å². The highest BCUT2D eigenvalue weighted by Gasteiger charge is 2.44. The van der Waals surface area contributed by atoms with Crippen LogP contribution >= 0.6 is 0 Å². The van der Waals surface area contributed by atoms with Gasteiger partial charge in [0.25, 0.3) is 0 Å². The lowest BCUT2D eigenvalue weighted by atomic mass is 9.68. The molecule has 19 heavy (non-hydrogen) atoms. The summed E-state index contributed by atoms with van der Waals surface area (Å²) in [5, 5.41) is 3.49. The Labute approximate surface area is 116 Å². The lowest BCUT2D eigenvalue weighted by molar-refractivity contribution is -0.158. The Balaban J connectivity index is 1.62. The number of nitrogens with zero attached hydrogens (tertiary/aromatic N) is 1. The summed E-state index contributed by atoms with van der Waals surface area (Å²) < 4.78 is 4.93. The van der Waals surface area contributed by atoms with Crippen molar-refractivity contribution in [3.63, 3.8) is 0 Å². The third-order valence-corrected chi connectivity index (χ3v) is 4.96. The monoisotopic (exact) mass is 268 g/mol. The molecule has 0 atom stereocenters. The summed E-state index contributed by atoms with van der Waals surface area (Å²) in [5.74, 6) is 0.838. The number of methoxy groups -OCH3 is 1. The molecule has 4 heteroatoms. The first-order valence-electron chi connectivity index (χ1n) is 7.64. The minimum Gasteiger partial charge on any atom is -0.469 e. The van der Waals surface area contributed by atoms with Crippen molar-refractivity contribution < 1.29 is 9.53 Å². The molecule has 4 nitrogen and oxygen atoms in total. The smallest absolute Gasteiger partial charge is 0.313 e. The fraction of sp³-hybridized carbons (Fsp3) is 0.933. The van der Waals surface area contributed by atoms with Gasteiger partial charge in [-0.3, -0.25) is 4.79 Å². The second-order valence-corrected chi connectivity index (χ2v) is 6.34.